The number of carbonyl (C=O) groups is 1. The number of hydrogen-bond acceptors (Lipinski definition) is 3. The van der Waals surface area contributed by atoms with Gasteiger partial charge in [0.1, 0.15) is 6.33 Å². The molecule has 2 atom stereocenters. The fourth-order valence-electron chi connectivity index (χ4n) is 4.25. The number of nitrogens with zero attached hydrogens (tertiary/aromatic N) is 4. The standard InChI is InChI=1S/C25H22N4O/c1-18-9-8-14-21(15-18)24(30)28-22(19-10-4-2-5-11-19)16-23(20-12-6-3-7-13-20)29-25(28)26-17-27-29/h2-15,17,22-23H,16H2,1H3/t22-,23+/m0/s1. The molecule has 148 valence electrons. The summed E-state index contributed by atoms with van der Waals surface area (Å²) in [6.45, 7) is 2.00. The van der Waals surface area contributed by atoms with Crippen LogP contribution in [0.1, 0.15) is 45.6 Å². The molecule has 5 nitrogen and oxygen atoms in total. The number of hydrogen-bond donors (Lipinski definition) is 0. The number of rotatable bonds is 3. The molecule has 0 unspecified atom stereocenters. The molecular formula is C25H22N4O. The smallest absolute Gasteiger partial charge is 0.261 e. The van der Waals surface area contributed by atoms with Crippen molar-refractivity contribution in [3.05, 3.63) is 114 Å². The maximum atomic E-state index is 13.7. The molecule has 0 bridgehead atoms. The first-order valence-electron chi connectivity index (χ1n) is 10.1. The van der Waals surface area contributed by atoms with Gasteiger partial charge < -0.3 is 0 Å². The molecule has 0 spiro atoms. The summed E-state index contributed by atoms with van der Waals surface area (Å²) in [6, 6.07) is 28.1. The van der Waals surface area contributed by atoms with Gasteiger partial charge in [-0.05, 0) is 36.6 Å². The number of carbonyl (C=O) groups excluding carboxylic acids is 1. The Morgan fingerprint density at radius 2 is 1.53 bits per heavy atom. The second kappa shape index (κ2) is 7.59. The highest BCUT2D eigenvalue weighted by molar-refractivity contribution is 6.06. The summed E-state index contributed by atoms with van der Waals surface area (Å²) in [5.41, 5.74) is 3.96. The summed E-state index contributed by atoms with van der Waals surface area (Å²) in [5.74, 6) is 0.517. The summed E-state index contributed by atoms with van der Waals surface area (Å²) in [5, 5.41) is 4.50. The number of aryl methyl sites for hydroxylation is 1. The van der Waals surface area contributed by atoms with E-state index in [1.807, 2.05) is 72.3 Å². The van der Waals surface area contributed by atoms with E-state index in [0.29, 0.717) is 11.5 Å². The van der Waals surface area contributed by atoms with E-state index in [1.54, 1.807) is 4.90 Å². The van der Waals surface area contributed by atoms with Crippen molar-refractivity contribution in [2.45, 2.75) is 25.4 Å². The van der Waals surface area contributed by atoms with Gasteiger partial charge in [0.05, 0.1) is 12.1 Å². The third-order valence-corrected chi connectivity index (χ3v) is 5.68. The van der Waals surface area contributed by atoms with Crippen LogP contribution in [0.5, 0.6) is 0 Å². The second-order valence-corrected chi connectivity index (χ2v) is 7.64. The molecule has 3 aromatic carbocycles. The number of anilines is 1. The zero-order valence-corrected chi connectivity index (χ0v) is 16.7. The average Bonchev–Trinajstić information content (AvgIpc) is 3.28. The molecule has 0 N–H and O–H groups in total. The number of aromatic nitrogens is 3. The summed E-state index contributed by atoms with van der Waals surface area (Å²) in [4.78, 5) is 20.0. The molecule has 0 radical (unpaired) electrons. The third-order valence-electron chi connectivity index (χ3n) is 5.68. The first-order chi connectivity index (χ1) is 14.7. The van der Waals surface area contributed by atoms with E-state index >= 15 is 0 Å². The van der Waals surface area contributed by atoms with Gasteiger partial charge in [-0.15, -0.1) is 0 Å². The molecule has 5 heteroatoms. The van der Waals surface area contributed by atoms with Gasteiger partial charge in [-0.2, -0.15) is 10.1 Å². The predicted octanol–water partition coefficient (Wildman–Crippen LogP) is 4.97. The Balaban J connectivity index is 1.65. The molecule has 2 heterocycles. The molecule has 0 saturated carbocycles. The molecule has 0 fully saturated rings. The highest BCUT2D eigenvalue weighted by atomic mass is 16.2. The van der Waals surface area contributed by atoms with Crippen molar-refractivity contribution in [2.24, 2.45) is 0 Å². The zero-order chi connectivity index (χ0) is 20.5. The Bertz CT molecular complexity index is 1170. The van der Waals surface area contributed by atoms with Crippen molar-refractivity contribution < 1.29 is 4.79 Å². The van der Waals surface area contributed by atoms with E-state index in [9.17, 15) is 4.79 Å². The van der Waals surface area contributed by atoms with E-state index in [0.717, 1.165) is 23.1 Å². The molecule has 1 amide bonds. The summed E-state index contributed by atoms with van der Waals surface area (Å²) < 4.78 is 1.88. The van der Waals surface area contributed by atoms with Gasteiger partial charge in [-0.25, -0.2) is 4.68 Å². The van der Waals surface area contributed by atoms with Crippen LogP contribution in [0, 0.1) is 6.92 Å². The Morgan fingerprint density at radius 1 is 0.867 bits per heavy atom. The number of fused-ring (bicyclic) bond motifs is 1. The van der Waals surface area contributed by atoms with Gasteiger partial charge >= 0.3 is 0 Å². The van der Waals surface area contributed by atoms with Crippen LogP contribution in [0.25, 0.3) is 0 Å². The fraction of sp³-hybridized carbons (Fsp3) is 0.160. The summed E-state index contributed by atoms with van der Waals surface area (Å²) in [7, 11) is 0. The molecule has 5 rings (SSSR count). The van der Waals surface area contributed by atoms with Crippen LogP contribution >= 0.6 is 0 Å². The Labute approximate surface area is 175 Å². The lowest BCUT2D eigenvalue weighted by atomic mass is 9.91. The van der Waals surface area contributed by atoms with Crippen LogP contribution in [0.3, 0.4) is 0 Å². The largest absolute Gasteiger partial charge is 0.269 e. The highest BCUT2D eigenvalue weighted by Gasteiger charge is 2.39. The Morgan fingerprint density at radius 3 is 2.20 bits per heavy atom. The minimum atomic E-state index is -0.138. The molecule has 1 aliphatic rings. The van der Waals surface area contributed by atoms with Gasteiger partial charge in [0.2, 0.25) is 5.95 Å². The van der Waals surface area contributed by atoms with E-state index in [1.165, 1.54) is 6.33 Å². The Hall–Kier alpha value is -3.73. The van der Waals surface area contributed by atoms with E-state index in [2.05, 4.69) is 34.3 Å². The molecule has 0 saturated heterocycles. The molecule has 1 aliphatic heterocycles. The highest BCUT2D eigenvalue weighted by Crippen LogP contribution is 2.42. The van der Waals surface area contributed by atoms with Gasteiger partial charge in [0, 0.05) is 5.56 Å². The minimum absolute atomic E-state index is 0.00969. The third kappa shape index (κ3) is 3.18. The quantitative estimate of drug-likeness (QED) is 0.493. The molecule has 1 aromatic heterocycles. The van der Waals surface area contributed by atoms with Crippen molar-refractivity contribution in [1.29, 1.82) is 0 Å². The first kappa shape index (κ1) is 18.3. The van der Waals surface area contributed by atoms with E-state index < -0.39 is 0 Å². The van der Waals surface area contributed by atoms with Crippen LogP contribution in [0.15, 0.2) is 91.3 Å². The van der Waals surface area contributed by atoms with Crippen LogP contribution < -0.4 is 4.90 Å². The molecule has 30 heavy (non-hydrogen) atoms. The lowest BCUT2D eigenvalue weighted by Gasteiger charge is -2.39. The lowest BCUT2D eigenvalue weighted by molar-refractivity contribution is 0.0963. The molecular weight excluding hydrogens is 372 g/mol. The number of benzene rings is 3. The average molecular weight is 394 g/mol. The maximum Gasteiger partial charge on any atom is 0.261 e. The lowest BCUT2D eigenvalue weighted by Crippen LogP contribution is -2.42. The molecule has 4 aromatic rings. The van der Waals surface area contributed by atoms with E-state index in [-0.39, 0.29) is 18.0 Å². The fourth-order valence-corrected chi connectivity index (χ4v) is 4.25. The monoisotopic (exact) mass is 394 g/mol. The van der Waals surface area contributed by atoms with E-state index in [4.69, 9.17) is 0 Å². The normalized spacial score (nSPS) is 18.1. The minimum Gasteiger partial charge on any atom is -0.269 e. The Kier molecular flexibility index (Phi) is 4.64. The van der Waals surface area contributed by atoms with Crippen LogP contribution in [0.2, 0.25) is 0 Å². The number of amides is 1. The zero-order valence-electron chi connectivity index (χ0n) is 16.7. The summed E-state index contributed by atoms with van der Waals surface area (Å²) in [6.07, 6.45) is 2.26. The molecule has 0 aliphatic carbocycles. The van der Waals surface area contributed by atoms with Gasteiger partial charge in [0.15, 0.2) is 0 Å². The maximum absolute atomic E-state index is 13.7. The van der Waals surface area contributed by atoms with Gasteiger partial charge in [-0.1, -0.05) is 78.4 Å². The SMILES string of the molecule is Cc1cccc(C(=O)N2c3ncnn3[C@@H](c3ccccc3)C[C@H]2c2ccccc2)c1. The second-order valence-electron chi connectivity index (χ2n) is 7.64. The first-order valence-corrected chi connectivity index (χ1v) is 10.1. The van der Waals surface area contributed by atoms with Gasteiger partial charge in [-0.3, -0.25) is 9.69 Å². The van der Waals surface area contributed by atoms with Crippen LogP contribution in [-0.4, -0.2) is 20.7 Å². The van der Waals surface area contributed by atoms with Crippen molar-refractivity contribution >= 4 is 11.9 Å². The van der Waals surface area contributed by atoms with Crippen molar-refractivity contribution in [3.63, 3.8) is 0 Å². The van der Waals surface area contributed by atoms with Crippen molar-refractivity contribution in [3.8, 4) is 0 Å². The predicted molar refractivity (Wildman–Crippen MR) is 116 cm³/mol. The van der Waals surface area contributed by atoms with Crippen LogP contribution in [-0.2, 0) is 0 Å². The topological polar surface area (TPSA) is 51.0 Å². The van der Waals surface area contributed by atoms with Crippen LogP contribution in [0.4, 0.5) is 5.95 Å². The van der Waals surface area contributed by atoms with Crippen molar-refractivity contribution in [2.75, 3.05) is 4.90 Å². The summed E-state index contributed by atoms with van der Waals surface area (Å²) >= 11 is 0. The van der Waals surface area contributed by atoms with Crippen molar-refractivity contribution in [1.82, 2.24) is 14.8 Å². The van der Waals surface area contributed by atoms with Gasteiger partial charge in [0.25, 0.3) is 5.91 Å².